The van der Waals surface area contributed by atoms with E-state index in [1.165, 1.54) is 24.6 Å². The normalized spacial score (nSPS) is 11.5. The van der Waals surface area contributed by atoms with Crippen molar-refractivity contribution in [1.29, 1.82) is 0 Å². The van der Waals surface area contributed by atoms with Gasteiger partial charge in [0.25, 0.3) is 0 Å². The van der Waals surface area contributed by atoms with E-state index in [4.69, 9.17) is 9.47 Å². The predicted molar refractivity (Wildman–Crippen MR) is 148 cm³/mol. The van der Waals surface area contributed by atoms with Gasteiger partial charge in [-0.1, -0.05) is 0 Å². The Labute approximate surface area is 220 Å². The fraction of sp³-hybridized carbons (Fsp3) is 0.750. The van der Waals surface area contributed by atoms with Crippen LogP contribution in [0.1, 0.15) is 41.5 Å². The molecule has 0 saturated heterocycles. The SMILES string of the molecule is CCOC(C)(C)C(=O)/C=C\[N-]CC[N-]/C=C\C(=O)C(C)(C)OCC.C[PH+](C)C.C[PH+](C)C.[99Tc]. The maximum Gasteiger partial charge on any atom is 0.185 e. The van der Waals surface area contributed by atoms with Crippen molar-refractivity contribution in [3.05, 3.63) is 35.2 Å². The van der Waals surface area contributed by atoms with Gasteiger partial charge in [-0.3, -0.25) is 9.59 Å². The third kappa shape index (κ3) is 29.8. The minimum Gasteiger partial charge on any atom is -0.692 e. The zero-order chi connectivity index (χ0) is 25.8. The Hall–Kier alpha value is -0.151. The number of hydrogen-bond donors (Lipinski definition) is 0. The summed E-state index contributed by atoms with van der Waals surface area (Å²) in [6, 6.07) is 0. The Morgan fingerprint density at radius 1 is 0.697 bits per heavy atom. The summed E-state index contributed by atoms with van der Waals surface area (Å²) in [6.07, 6.45) is 5.73. The molecule has 0 aromatic carbocycles. The summed E-state index contributed by atoms with van der Waals surface area (Å²) in [7, 11) is 0.241. The molecule has 0 aliphatic heterocycles. The van der Waals surface area contributed by atoms with Crippen LogP contribution in [0.2, 0.25) is 0 Å². The molecular formula is C24H50N2O4P2Tc. The van der Waals surface area contributed by atoms with E-state index in [1.807, 2.05) is 13.8 Å². The van der Waals surface area contributed by atoms with Gasteiger partial charge in [-0.05, 0) is 69.5 Å². The summed E-state index contributed by atoms with van der Waals surface area (Å²) in [6.45, 7) is 26.0. The Kier molecular flexibility index (Phi) is 28.6. The monoisotopic (exact) mass is 591 g/mol. The van der Waals surface area contributed by atoms with Crippen LogP contribution >= 0.6 is 15.8 Å². The van der Waals surface area contributed by atoms with E-state index in [0.717, 1.165) is 0 Å². The zero-order valence-electron chi connectivity index (χ0n) is 23.0. The molecule has 0 amide bonds. The van der Waals surface area contributed by atoms with Crippen LogP contribution in [0, 0.1) is 0 Å². The number of rotatable bonds is 13. The van der Waals surface area contributed by atoms with Crippen molar-refractivity contribution in [2.24, 2.45) is 0 Å². The number of carbonyl (C=O) groups excluding carboxylic acids is 2. The third-order valence-corrected chi connectivity index (χ3v) is 3.22. The van der Waals surface area contributed by atoms with E-state index < -0.39 is 11.2 Å². The van der Waals surface area contributed by atoms with E-state index in [2.05, 4.69) is 50.6 Å². The Morgan fingerprint density at radius 2 is 0.939 bits per heavy atom. The number of carbonyl (C=O) groups is 2. The summed E-state index contributed by atoms with van der Waals surface area (Å²) in [4.78, 5) is 23.7. The van der Waals surface area contributed by atoms with Crippen molar-refractivity contribution >= 4 is 27.4 Å². The number of nitrogens with zero attached hydrogens (tertiary/aromatic N) is 2. The molecule has 0 unspecified atom stereocenters. The molecule has 197 valence electrons. The van der Waals surface area contributed by atoms with Gasteiger partial charge in [-0.15, -0.1) is 13.1 Å². The average Bonchev–Trinajstić information content (AvgIpc) is 2.62. The second-order valence-corrected chi connectivity index (χ2v) is 15.1. The van der Waals surface area contributed by atoms with Crippen molar-refractivity contribution in [2.45, 2.75) is 52.7 Å². The molecule has 0 saturated carbocycles. The van der Waals surface area contributed by atoms with E-state index in [9.17, 15) is 9.59 Å². The number of ether oxygens (including phenoxy) is 2. The Bertz CT molecular complexity index is 499. The molecule has 9 heteroatoms. The van der Waals surface area contributed by atoms with Crippen molar-refractivity contribution in [3.63, 3.8) is 0 Å². The largest absolute Gasteiger partial charge is 0.692 e. The molecule has 0 bridgehead atoms. The van der Waals surface area contributed by atoms with Crippen LogP contribution in [0.15, 0.2) is 24.6 Å². The van der Waals surface area contributed by atoms with E-state index in [1.54, 1.807) is 27.7 Å². The first-order valence-electron chi connectivity index (χ1n) is 11.2. The molecule has 0 spiro atoms. The Morgan fingerprint density at radius 3 is 1.15 bits per heavy atom. The second-order valence-electron chi connectivity index (χ2n) is 9.06. The van der Waals surface area contributed by atoms with Gasteiger partial charge >= 0.3 is 0 Å². The van der Waals surface area contributed by atoms with Gasteiger partial charge in [0, 0.05) is 73.3 Å². The molecule has 6 nitrogen and oxygen atoms in total. The van der Waals surface area contributed by atoms with Crippen LogP contribution in [-0.2, 0) is 39.2 Å². The molecule has 0 aliphatic carbocycles. The van der Waals surface area contributed by atoms with Crippen LogP contribution in [0.5, 0.6) is 0 Å². The molecule has 0 heterocycles. The van der Waals surface area contributed by atoms with Gasteiger partial charge in [0.05, 0.1) is 0 Å². The zero-order valence-corrected chi connectivity index (χ0v) is 26.9. The van der Waals surface area contributed by atoms with Crippen LogP contribution in [0.4, 0.5) is 0 Å². The summed E-state index contributed by atoms with van der Waals surface area (Å²) >= 11 is 0. The molecule has 0 N–H and O–H groups in total. The van der Waals surface area contributed by atoms with Crippen molar-refractivity contribution in [2.75, 3.05) is 66.3 Å². The quantitative estimate of drug-likeness (QED) is 0.156. The molecule has 1 radical (unpaired) electrons. The topological polar surface area (TPSA) is 80.8 Å². The molecule has 0 aliphatic rings. The van der Waals surface area contributed by atoms with Crippen molar-refractivity contribution in [1.82, 2.24) is 0 Å². The summed E-state index contributed by atoms with van der Waals surface area (Å²) in [5.41, 5.74) is -1.66. The molecule has 0 aromatic heterocycles. The maximum absolute atomic E-state index is 11.9. The summed E-state index contributed by atoms with van der Waals surface area (Å²) in [5.74, 6) is -0.262. The fourth-order valence-corrected chi connectivity index (χ4v) is 1.77. The number of hydrogen-bond acceptors (Lipinski definition) is 4. The third-order valence-electron chi connectivity index (χ3n) is 3.22. The average molecular weight is 592 g/mol. The van der Waals surface area contributed by atoms with Crippen molar-refractivity contribution in [3.8, 4) is 0 Å². The first-order valence-corrected chi connectivity index (χ1v) is 17.2. The van der Waals surface area contributed by atoms with E-state index in [0.29, 0.717) is 26.3 Å². The van der Waals surface area contributed by atoms with Gasteiger partial charge in [0.1, 0.15) is 11.2 Å². The van der Waals surface area contributed by atoms with Crippen LogP contribution in [0.3, 0.4) is 0 Å². The van der Waals surface area contributed by atoms with Crippen LogP contribution in [-0.4, -0.2) is 89.1 Å². The van der Waals surface area contributed by atoms with Gasteiger partial charge in [-0.2, -0.15) is 12.4 Å². The first kappa shape index (κ1) is 40.0. The van der Waals surface area contributed by atoms with Gasteiger partial charge in [-0.25, -0.2) is 0 Å². The maximum atomic E-state index is 11.9. The summed E-state index contributed by atoms with van der Waals surface area (Å²) < 4.78 is 10.7. The molecule has 33 heavy (non-hydrogen) atoms. The minimum absolute atomic E-state index is 0. The molecule has 0 atom stereocenters. The van der Waals surface area contributed by atoms with Crippen molar-refractivity contribution < 1.29 is 39.2 Å². The Balaban J connectivity index is -0.000000401. The van der Waals surface area contributed by atoms with Gasteiger partial charge in [0.15, 0.2) is 11.6 Å². The minimum atomic E-state index is -0.832. The summed E-state index contributed by atoms with van der Waals surface area (Å²) in [5, 5.41) is 8.17. The predicted octanol–water partition coefficient (Wildman–Crippen LogP) is 5.71. The van der Waals surface area contributed by atoms with E-state index in [-0.39, 0.29) is 47.5 Å². The smallest absolute Gasteiger partial charge is 0.185 e. The van der Waals surface area contributed by atoms with Gasteiger partial charge in [0.2, 0.25) is 0 Å². The molecule has 0 fully saturated rings. The fourth-order valence-electron chi connectivity index (χ4n) is 1.77. The standard InChI is InChI=1S/C18H32N2O4.2C3H9P.Tc/c1-7-23-17(3,4)15(21)9-11-19-13-14-20-12-10-16(22)18(5,6)24-8-2;2*1-4(2)3;/h9-12H,7-8,13-14H2,1-6H3,(H2,19,20,21,22);2*1-3H3;/i;;;1+1. The second kappa shape index (κ2) is 23.6. The van der Waals surface area contributed by atoms with E-state index >= 15 is 0 Å². The van der Waals surface area contributed by atoms with Crippen LogP contribution in [0.25, 0.3) is 10.6 Å². The molecular weight excluding hydrogens is 541 g/mol. The first-order chi connectivity index (χ1) is 14.6. The molecule has 0 rings (SSSR count). The van der Waals surface area contributed by atoms with Gasteiger partial charge < -0.3 is 20.1 Å². The molecule has 0 aromatic rings. The number of ketones is 2. The van der Waals surface area contributed by atoms with Crippen LogP contribution < -0.4 is 0 Å².